The van der Waals surface area contributed by atoms with Crippen LogP contribution in [0.2, 0.25) is 0 Å². The summed E-state index contributed by atoms with van der Waals surface area (Å²) in [4.78, 5) is 16.3. The molecule has 1 N–H and O–H groups in total. The Labute approximate surface area is 134 Å². The molecule has 118 valence electrons. The highest BCUT2D eigenvalue weighted by atomic mass is 16.5. The molecule has 0 aliphatic carbocycles. The lowest BCUT2D eigenvalue weighted by atomic mass is 10.0. The van der Waals surface area contributed by atoms with E-state index < -0.39 is 0 Å². The van der Waals surface area contributed by atoms with Crippen molar-refractivity contribution >= 4 is 16.8 Å². The molecule has 0 aliphatic heterocycles. The van der Waals surface area contributed by atoms with Crippen molar-refractivity contribution in [2.75, 3.05) is 7.05 Å². The Morgan fingerprint density at radius 1 is 1.22 bits per heavy atom. The molecule has 0 bridgehead atoms. The van der Waals surface area contributed by atoms with E-state index in [1.54, 1.807) is 7.05 Å². The van der Waals surface area contributed by atoms with E-state index in [1.165, 1.54) is 0 Å². The summed E-state index contributed by atoms with van der Waals surface area (Å²) in [5, 5.41) is 7.73. The van der Waals surface area contributed by atoms with Crippen molar-refractivity contribution in [2.24, 2.45) is 0 Å². The summed E-state index contributed by atoms with van der Waals surface area (Å²) in [5.41, 5.74) is 5.57. The number of amides is 1. The number of carbonyl (C=O) groups is 1. The van der Waals surface area contributed by atoms with Gasteiger partial charge in [0, 0.05) is 12.4 Å². The first kappa shape index (κ1) is 15.2. The Kier molecular flexibility index (Phi) is 3.86. The third-order valence-corrected chi connectivity index (χ3v) is 4.01. The fourth-order valence-corrected chi connectivity index (χ4v) is 2.81. The van der Waals surface area contributed by atoms with Crippen LogP contribution in [0.25, 0.3) is 22.2 Å². The van der Waals surface area contributed by atoms with Gasteiger partial charge in [0.2, 0.25) is 5.91 Å². The highest BCUT2D eigenvalue weighted by molar-refractivity contribution is 5.87. The minimum absolute atomic E-state index is 0.0112. The molecule has 0 unspecified atom stereocenters. The summed E-state index contributed by atoms with van der Waals surface area (Å²) in [7, 11) is 1.64. The number of aromatic nitrogens is 2. The smallest absolute Gasteiger partial charge is 0.224 e. The van der Waals surface area contributed by atoms with Crippen molar-refractivity contribution in [1.82, 2.24) is 15.5 Å². The zero-order chi connectivity index (χ0) is 16.6. The first-order chi connectivity index (χ1) is 11.0. The Morgan fingerprint density at radius 3 is 2.65 bits per heavy atom. The van der Waals surface area contributed by atoms with Gasteiger partial charge in [-0.3, -0.25) is 4.79 Å². The van der Waals surface area contributed by atoms with Crippen LogP contribution < -0.4 is 5.32 Å². The number of hydrogen-bond acceptors (Lipinski definition) is 4. The highest BCUT2D eigenvalue weighted by Crippen LogP contribution is 2.29. The molecule has 0 radical (unpaired) electrons. The van der Waals surface area contributed by atoms with Crippen molar-refractivity contribution in [3.05, 3.63) is 46.8 Å². The molecule has 0 atom stereocenters. The molecule has 23 heavy (non-hydrogen) atoms. The maximum atomic E-state index is 11.6. The van der Waals surface area contributed by atoms with Crippen molar-refractivity contribution < 1.29 is 9.32 Å². The normalized spacial score (nSPS) is 11.0. The largest absolute Gasteiger partial charge is 0.361 e. The molecule has 2 heterocycles. The lowest BCUT2D eigenvalue weighted by Gasteiger charge is -2.08. The maximum absolute atomic E-state index is 11.6. The highest BCUT2D eigenvalue weighted by Gasteiger charge is 2.15. The maximum Gasteiger partial charge on any atom is 0.224 e. The molecule has 3 aromatic rings. The minimum atomic E-state index is -0.0112. The summed E-state index contributed by atoms with van der Waals surface area (Å²) in [6, 6.07) is 8.02. The van der Waals surface area contributed by atoms with Gasteiger partial charge in [-0.25, -0.2) is 4.98 Å². The van der Waals surface area contributed by atoms with Gasteiger partial charge in [0.25, 0.3) is 0 Å². The van der Waals surface area contributed by atoms with Crippen molar-refractivity contribution in [3.8, 4) is 11.3 Å². The second-order valence-corrected chi connectivity index (χ2v) is 5.73. The summed E-state index contributed by atoms with van der Waals surface area (Å²) in [5.74, 6) is 0.748. The van der Waals surface area contributed by atoms with Crippen LogP contribution in [0.15, 0.2) is 28.8 Å². The number of benzene rings is 1. The van der Waals surface area contributed by atoms with Crippen LogP contribution in [0, 0.1) is 20.8 Å². The van der Waals surface area contributed by atoms with E-state index in [2.05, 4.69) is 17.4 Å². The summed E-state index contributed by atoms with van der Waals surface area (Å²) in [6.45, 7) is 5.86. The summed E-state index contributed by atoms with van der Waals surface area (Å²) in [6.07, 6.45) is 0.350. The predicted octanol–water partition coefficient (Wildman–Crippen LogP) is 3.10. The number of carbonyl (C=O) groups excluding carboxylic acids is 1. The van der Waals surface area contributed by atoms with E-state index in [4.69, 9.17) is 9.51 Å². The van der Waals surface area contributed by atoms with E-state index >= 15 is 0 Å². The van der Waals surface area contributed by atoms with Crippen molar-refractivity contribution in [1.29, 1.82) is 0 Å². The molecule has 1 aromatic carbocycles. The molecule has 0 saturated heterocycles. The molecule has 3 rings (SSSR count). The molecule has 0 saturated carbocycles. The fraction of sp³-hybridized carbons (Fsp3) is 0.278. The third-order valence-electron chi connectivity index (χ3n) is 4.01. The van der Waals surface area contributed by atoms with Crippen LogP contribution in [0.4, 0.5) is 0 Å². The summed E-state index contributed by atoms with van der Waals surface area (Å²) >= 11 is 0. The number of nitrogens with zero attached hydrogens (tertiary/aromatic N) is 2. The van der Waals surface area contributed by atoms with Crippen molar-refractivity contribution in [2.45, 2.75) is 27.2 Å². The van der Waals surface area contributed by atoms with Crippen LogP contribution in [-0.4, -0.2) is 23.1 Å². The number of likely N-dealkylation sites (N-methyl/N-ethyl adjacent to an activating group) is 1. The molecule has 0 spiro atoms. The van der Waals surface area contributed by atoms with Gasteiger partial charge in [-0.2, -0.15) is 0 Å². The van der Waals surface area contributed by atoms with E-state index in [-0.39, 0.29) is 5.91 Å². The number of pyridine rings is 1. The molecule has 5 heteroatoms. The summed E-state index contributed by atoms with van der Waals surface area (Å²) < 4.78 is 5.25. The van der Waals surface area contributed by atoms with Crippen LogP contribution in [-0.2, 0) is 11.2 Å². The number of fused-ring (bicyclic) bond motifs is 1. The van der Waals surface area contributed by atoms with Gasteiger partial charge >= 0.3 is 0 Å². The molecule has 0 aliphatic rings. The van der Waals surface area contributed by atoms with Gasteiger partial charge in [-0.1, -0.05) is 17.3 Å². The zero-order valence-electron chi connectivity index (χ0n) is 13.7. The second-order valence-electron chi connectivity index (χ2n) is 5.73. The van der Waals surface area contributed by atoms with Gasteiger partial charge < -0.3 is 9.84 Å². The lowest BCUT2D eigenvalue weighted by molar-refractivity contribution is -0.119. The van der Waals surface area contributed by atoms with E-state index in [0.717, 1.165) is 44.7 Å². The third kappa shape index (κ3) is 2.82. The van der Waals surface area contributed by atoms with Crippen LogP contribution >= 0.6 is 0 Å². The van der Waals surface area contributed by atoms with Gasteiger partial charge in [0.05, 0.1) is 28.9 Å². The molecule has 0 fully saturated rings. The SMILES string of the molecule is CNC(=O)Cc1ccc2c(C)cc(-c3c(C)noc3C)nc2c1. The molecule has 5 nitrogen and oxygen atoms in total. The van der Waals surface area contributed by atoms with E-state index in [9.17, 15) is 4.79 Å². The molecular weight excluding hydrogens is 290 g/mol. The average molecular weight is 309 g/mol. The van der Waals surface area contributed by atoms with Gasteiger partial charge in [-0.15, -0.1) is 0 Å². The first-order valence-corrected chi connectivity index (χ1v) is 7.53. The fourth-order valence-electron chi connectivity index (χ4n) is 2.81. The first-order valence-electron chi connectivity index (χ1n) is 7.53. The van der Waals surface area contributed by atoms with E-state index in [0.29, 0.717) is 6.42 Å². The average Bonchev–Trinajstić information content (AvgIpc) is 2.85. The minimum Gasteiger partial charge on any atom is -0.361 e. The zero-order valence-corrected chi connectivity index (χ0v) is 13.7. The standard InChI is InChI=1S/C18H19N3O2/c1-10-7-16(18-11(2)21-23-12(18)3)20-15-8-13(5-6-14(10)15)9-17(22)19-4/h5-8H,9H2,1-4H3,(H,19,22). The monoisotopic (exact) mass is 309 g/mol. The Hall–Kier alpha value is -2.69. The van der Waals surface area contributed by atoms with Crippen LogP contribution in [0.5, 0.6) is 0 Å². The van der Waals surface area contributed by atoms with E-state index in [1.807, 2.05) is 38.1 Å². The number of nitrogens with one attached hydrogen (secondary N) is 1. The van der Waals surface area contributed by atoms with Crippen LogP contribution in [0.3, 0.4) is 0 Å². The second kappa shape index (κ2) is 5.83. The molecule has 2 aromatic heterocycles. The molecule has 1 amide bonds. The number of rotatable bonds is 3. The molecular formula is C18H19N3O2. The van der Waals surface area contributed by atoms with Gasteiger partial charge in [0.15, 0.2) is 0 Å². The number of hydrogen-bond donors (Lipinski definition) is 1. The van der Waals surface area contributed by atoms with Gasteiger partial charge in [0.1, 0.15) is 5.76 Å². The topological polar surface area (TPSA) is 68.0 Å². The number of aryl methyl sites for hydroxylation is 3. The van der Waals surface area contributed by atoms with Crippen LogP contribution in [0.1, 0.15) is 22.6 Å². The quantitative estimate of drug-likeness (QED) is 0.807. The van der Waals surface area contributed by atoms with Crippen molar-refractivity contribution in [3.63, 3.8) is 0 Å². The Bertz CT molecular complexity index is 877. The van der Waals surface area contributed by atoms with Gasteiger partial charge in [-0.05, 0) is 44.0 Å². The Morgan fingerprint density at radius 2 is 2.00 bits per heavy atom. The predicted molar refractivity (Wildman–Crippen MR) is 89.2 cm³/mol. The lowest BCUT2D eigenvalue weighted by Crippen LogP contribution is -2.19. The Balaban J connectivity index is 2.13.